The highest BCUT2D eigenvalue weighted by molar-refractivity contribution is 5.91. The van der Waals surface area contributed by atoms with E-state index in [1.165, 1.54) is 50.7 Å². The number of halogens is 1. The van der Waals surface area contributed by atoms with Crippen molar-refractivity contribution in [3.8, 4) is 0 Å². The molecule has 0 radical (unpaired) electrons. The van der Waals surface area contributed by atoms with E-state index < -0.39 is 0 Å². The van der Waals surface area contributed by atoms with Crippen molar-refractivity contribution in [1.29, 1.82) is 0 Å². The lowest BCUT2D eigenvalue weighted by Gasteiger charge is -2.54. The SMILES string of the molecule is O=C(C[NH2+]C12CC3CC(CC(C3)C1)C2)Nc1cccc(F)c1. The van der Waals surface area contributed by atoms with Crippen LogP contribution in [0.4, 0.5) is 10.1 Å². The minimum absolute atomic E-state index is 0.0265. The van der Waals surface area contributed by atoms with Gasteiger partial charge in [0.15, 0.2) is 6.54 Å². The molecular formula is C18H24FN2O+. The molecule has 4 aliphatic carbocycles. The molecule has 0 atom stereocenters. The summed E-state index contributed by atoms with van der Waals surface area (Å²) in [5.41, 5.74) is 0.859. The summed E-state index contributed by atoms with van der Waals surface area (Å²) in [5.74, 6) is 2.35. The van der Waals surface area contributed by atoms with Crippen LogP contribution in [-0.4, -0.2) is 18.0 Å². The first-order chi connectivity index (χ1) is 10.6. The third kappa shape index (κ3) is 2.76. The van der Waals surface area contributed by atoms with Crippen LogP contribution < -0.4 is 10.6 Å². The van der Waals surface area contributed by atoms with Gasteiger partial charge in [-0.25, -0.2) is 4.39 Å². The second-order valence-electron chi connectivity index (χ2n) is 7.75. The van der Waals surface area contributed by atoms with Gasteiger partial charge in [0.05, 0.1) is 5.54 Å². The molecular weight excluding hydrogens is 279 g/mol. The molecule has 4 bridgehead atoms. The smallest absolute Gasteiger partial charge is 0.279 e. The van der Waals surface area contributed by atoms with Crippen LogP contribution in [0.3, 0.4) is 0 Å². The summed E-state index contributed by atoms with van der Waals surface area (Å²) in [6.45, 7) is 0.447. The number of nitrogens with two attached hydrogens (primary N) is 1. The van der Waals surface area contributed by atoms with Crippen molar-refractivity contribution in [2.75, 3.05) is 11.9 Å². The number of carbonyl (C=O) groups is 1. The van der Waals surface area contributed by atoms with Gasteiger partial charge in [0.25, 0.3) is 5.91 Å². The number of carbonyl (C=O) groups excluding carboxylic acids is 1. The molecule has 3 N–H and O–H groups in total. The number of nitrogens with one attached hydrogen (secondary N) is 1. The zero-order chi connectivity index (χ0) is 15.2. The second-order valence-corrected chi connectivity index (χ2v) is 7.75. The zero-order valence-electron chi connectivity index (χ0n) is 12.9. The van der Waals surface area contributed by atoms with Crippen LogP contribution in [0, 0.1) is 23.6 Å². The van der Waals surface area contributed by atoms with E-state index in [-0.39, 0.29) is 11.7 Å². The molecule has 4 aliphatic rings. The summed E-state index contributed by atoms with van der Waals surface area (Å²) in [5, 5.41) is 5.09. The molecule has 4 saturated carbocycles. The van der Waals surface area contributed by atoms with Gasteiger partial charge in [-0.1, -0.05) is 6.07 Å². The molecule has 22 heavy (non-hydrogen) atoms. The van der Waals surface area contributed by atoms with Crippen molar-refractivity contribution in [3.63, 3.8) is 0 Å². The lowest BCUT2D eigenvalue weighted by molar-refractivity contribution is -0.729. The van der Waals surface area contributed by atoms with Gasteiger partial charge in [-0.2, -0.15) is 0 Å². The van der Waals surface area contributed by atoms with Crippen molar-refractivity contribution in [3.05, 3.63) is 30.1 Å². The number of quaternary nitrogens is 1. The predicted octanol–water partition coefficient (Wildman–Crippen LogP) is 2.30. The summed E-state index contributed by atoms with van der Waals surface area (Å²) < 4.78 is 13.1. The topological polar surface area (TPSA) is 45.7 Å². The second kappa shape index (κ2) is 5.34. The van der Waals surface area contributed by atoms with E-state index >= 15 is 0 Å². The van der Waals surface area contributed by atoms with E-state index in [1.54, 1.807) is 12.1 Å². The summed E-state index contributed by atoms with van der Waals surface area (Å²) in [7, 11) is 0. The Bertz CT molecular complexity index is 551. The Morgan fingerprint density at radius 1 is 1.18 bits per heavy atom. The Hall–Kier alpha value is -1.42. The predicted molar refractivity (Wildman–Crippen MR) is 82.7 cm³/mol. The minimum atomic E-state index is -0.317. The summed E-state index contributed by atoms with van der Waals surface area (Å²) in [6.07, 6.45) is 8.11. The van der Waals surface area contributed by atoms with Crippen molar-refractivity contribution in [2.45, 2.75) is 44.1 Å². The monoisotopic (exact) mass is 303 g/mol. The van der Waals surface area contributed by atoms with E-state index in [9.17, 15) is 9.18 Å². The van der Waals surface area contributed by atoms with Crippen LogP contribution in [0.15, 0.2) is 24.3 Å². The average Bonchev–Trinajstić information content (AvgIpc) is 2.44. The maximum absolute atomic E-state index is 13.1. The fourth-order valence-corrected chi connectivity index (χ4v) is 5.52. The Kier molecular flexibility index (Phi) is 3.44. The molecule has 1 aromatic carbocycles. The Morgan fingerprint density at radius 2 is 1.82 bits per heavy atom. The van der Waals surface area contributed by atoms with Crippen molar-refractivity contribution in [1.82, 2.24) is 0 Å². The average molecular weight is 303 g/mol. The molecule has 118 valence electrons. The van der Waals surface area contributed by atoms with Crippen LogP contribution in [0.5, 0.6) is 0 Å². The lowest BCUT2D eigenvalue weighted by atomic mass is 9.53. The molecule has 5 rings (SSSR count). The maximum Gasteiger partial charge on any atom is 0.279 e. The van der Waals surface area contributed by atoms with Crippen molar-refractivity contribution in [2.24, 2.45) is 17.8 Å². The molecule has 0 heterocycles. The van der Waals surface area contributed by atoms with Crippen LogP contribution in [-0.2, 0) is 4.79 Å². The first kappa shape index (κ1) is 14.2. The van der Waals surface area contributed by atoms with Gasteiger partial charge in [0.2, 0.25) is 0 Å². The van der Waals surface area contributed by atoms with Crippen molar-refractivity contribution >= 4 is 11.6 Å². The first-order valence-electron chi connectivity index (χ1n) is 8.50. The standard InChI is InChI=1S/C18H23FN2O/c19-15-2-1-3-16(7-15)21-17(22)11-20-18-8-12-4-13(9-18)6-14(5-12)10-18/h1-3,7,12-14,20H,4-6,8-11H2,(H,21,22)/p+1. The molecule has 0 aliphatic heterocycles. The largest absolute Gasteiger partial charge is 0.334 e. The Morgan fingerprint density at radius 3 is 2.41 bits per heavy atom. The number of rotatable bonds is 4. The minimum Gasteiger partial charge on any atom is -0.334 e. The molecule has 1 amide bonds. The normalized spacial score (nSPS) is 35.6. The van der Waals surface area contributed by atoms with Crippen LogP contribution in [0.25, 0.3) is 0 Å². The van der Waals surface area contributed by atoms with Gasteiger partial charge in [-0.15, -0.1) is 0 Å². The molecule has 3 nitrogen and oxygen atoms in total. The fraction of sp³-hybridized carbons (Fsp3) is 0.611. The van der Waals surface area contributed by atoms with E-state index in [2.05, 4.69) is 10.6 Å². The van der Waals surface area contributed by atoms with Gasteiger partial charge in [0, 0.05) is 24.9 Å². The molecule has 4 heteroatoms. The van der Waals surface area contributed by atoms with Gasteiger partial charge < -0.3 is 10.6 Å². The molecule has 0 saturated heterocycles. The highest BCUT2D eigenvalue weighted by Gasteiger charge is 2.53. The summed E-state index contributed by atoms with van der Waals surface area (Å²) in [4.78, 5) is 12.2. The van der Waals surface area contributed by atoms with Gasteiger partial charge in [0.1, 0.15) is 5.82 Å². The molecule has 1 aromatic rings. The lowest BCUT2D eigenvalue weighted by Crippen LogP contribution is -3.00. The zero-order valence-corrected chi connectivity index (χ0v) is 12.9. The Balaban J connectivity index is 1.35. The Labute approximate surface area is 130 Å². The third-order valence-electron chi connectivity index (χ3n) is 5.91. The third-order valence-corrected chi connectivity index (χ3v) is 5.91. The number of hydrogen-bond donors (Lipinski definition) is 2. The number of anilines is 1. The van der Waals surface area contributed by atoms with Crippen LogP contribution in [0.2, 0.25) is 0 Å². The van der Waals surface area contributed by atoms with Crippen LogP contribution >= 0.6 is 0 Å². The van der Waals surface area contributed by atoms with Crippen LogP contribution in [0.1, 0.15) is 38.5 Å². The summed E-state index contributed by atoms with van der Waals surface area (Å²) in [6, 6.07) is 6.10. The van der Waals surface area contributed by atoms with Gasteiger partial charge in [-0.05, 0) is 55.2 Å². The first-order valence-corrected chi connectivity index (χ1v) is 8.50. The van der Waals surface area contributed by atoms with Gasteiger partial charge >= 0.3 is 0 Å². The molecule has 0 aromatic heterocycles. The van der Waals surface area contributed by atoms with E-state index in [1.807, 2.05) is 0 Å². The maximum atomic E-state index is 13.1. The van der Waals surface area contributed by atoms with E-state index in [0.717, 1.165) is 17.8 Å². The fourth-order valence-electron chi connectivity index (χ4n) is 5.52. The van der Waals surface area contributed by atoms with E-state index in [0.29, 0.717) is 17.8 Å². The summed E-state index contributed by atoms with van der Waals surface area (Å²) >= 11 is 0. The quantitative estimate of drug-likeness (QED) is 0.881. The van der Waals surface area contributed by atoms with E-state index in [4.69, 9.17) is 0 Å². The van der Waals surface area contributed by atoms with Crippen molar-refractivity contribution < 1.29 is 14.5 Å². The number of benzene rings is 1. The molecule has 4 fully saturated rings. The van der Waals surface area contributed by atoms with Gasteiger partial charge in [-0.3, -0.25) is 4.79 Å². The highest BCUT2D eigenvalue weighted by Crippen LogP contribution is 2.54. The number of hydrogen-bond acceptors (Lipinski definition) is 1. The molecule has 0 spiro atoms. The highest BCUT2D eigenvalue weighted by atomic mass is 19.1. The number of amides is 1. The molecule has 0 unspecified atom stereocenters.